The maximum Gasteiger partial charge on any atom is 0.416 e. The fraction of sp³-hybridized carbons (Fsp3) is 0.182. The van der Waals surface area contributed by atoms with Crippen molar-refractivity contribution in [2.24, 2.45) is 0 Å². The molecule has 0 amide bonds. The Hall–Kier alpha value is -2.90. The predicted molar refractivity (Wildman–Crippen MR) is 101 cm³/mol. The van der Waals surface area contributed by atoms with Gasteiger partial charge in [-0.3, -0.25) is 0 Å². The van der Waals surface area contributed by atoms with E-state index in [9.17, 15) is 57.1 Å². The smallest absolute Gasteiger partial charge is 0.207 e. The second-order valence-electron chi connectivity index (χ2n) is 7.24. The third-order valence-corrected chi connectivity index (χ3v) is 6.80. The molecule has 0 fully saturated rings. The van der Waals surface area contributed by atoms with E-state index in [4.69, 9.17) is 0 Å². The number of rotatable bonds is 3. The van der Waals surface area contributed by atoms with E-state index < -0.39 is 73.5 Å². The van der Waals surface area contributed by atoms with E-state index >= 15 is 0 Å². The van der Waals surface area contributed by atoms with E-state index in [1.165, 1.54) is 0 Å². The Balaban J connectivity index is 2.42. The minimum atomic E-state index is -5.33. The van der Waals surface area contributed by atoms with Crippen LogP contribution < -0.4 is 0 Å². The van der Waals surface area contributed by atoms with Crippen molar-refractivity contribution in [3.63, 3.8) is 0 Å². The highest BCUT2D eigenvalue weighted by Crippen LogP contribution is 2.43. The molecule has 0 saturated heterocycles. The van der Waals surface area contributed by atoms with Gasteiger partial charge in [0.15, 0.2) is 14.7 Å². The van der Waals surface area contributed by atoms with Gasteiger partial charge in [-0.15, -0.1) is 0 Å². The molecule has 0 bridgehead atoms. The molecule has 0 saturated carbocycles. The molecule has 0 aromatic heterocycles. The molecule has 0 N–H and O–H groups in total. The number of alkyl halides is 12. The van der Waals surface area contributed by atoms with E-state index in [-0.39, 0.29) is 41.3 Å². The highest BCUT2D eigenvalue weighted by atomic mass is 32.2. The van der Waals surface area contributed by atoms with Crippen LogP contribution in [0.4, 0.5) is 57.1 Å². The molecule has 194 valence electrons. The van der Waals surface area contributed by atoms with Gasteiger partial charge < -0.3 is 0 Å². The van der Waals surface area contributed by atoms with Gasteiger partial charge in [-0.1, -0.05) is 0 Å². The normalized spacial score (nSPS) is 13.4. The third kappa shape index (κ3) is 6.26. The van der Waals surface area contributed by atoms with Crippen LogP contribution in [0, 0.1) is 5.82 Å². The molecule has 0 spiro atoms. The van der Waals surface area contributed by atoms with Crippen LogP contribution in [0.1, 0.15) is 22.3 Å². The zero-order valence-corrected chi connectivity index (χ0v) is 17.9. The van der Waals surface area contributed by atoms with Crippen LogP contribution in [0.15, 0.2) is 75.4 Å². The highest BCUT2D eigenvalue weighted by molar-refractivity contribution is 7.97. The van der Waals surface area contributed by atoms with Crippen LogP contribution in [0.25, 0.3) is 0 Å². The van der Waals surface area contributed by atoms with Gasteiger partial charge in [-0.25, -0.2) is 4.39 Å². The summed E-state index contributed by atoms with van der Waals surface area (Å²) in [5.74, 6) is -0.914. The first-order valence-electron chi connectivity index (χ1n) is 9.35. The standard InChI is InChI=1S/C22H10F13S/c23-15-1-3-16(4-2-15)36(17-7-11(19(24,25)26)5-12(8-17)20(27,28)29)18-9-13(21(30,31)32)6-14(10-18)22(33,34)35/h1-10H/q+1. The Morgan fingerprint density at radius 1 is 0.389 bits per heavy atom. The molecule has 0 aliphatic carbocycles. The van der Waals surface area contributed by atoms with Crippen molar-refractivity contribution in [2.45, 2.75) is 39.4 Å². The summed E-state index contributed by atoms with van der Waals surface area (Å²) in [4.78, 5) is -2.08. The Morgan fingerprint density at radius 3 is 0.917 bits per heavy atom. The molecule has 0 atom stereocenters. The summed E-state index contributed by atoms with van der Waals surface area (Å²) >= 11 is 0. The summed E-state index contributed by atoms with van der Waals surface area (Å²) in [6, 6.07) is 3.47. The average Bonchev–Trinajstić information content (AvgIpc) is 2.72. The van der Waals surface area contributed by atoms with Crippen molar-refractivity contribution in [1.82, 2.24) is 0 Å². The number of halogens is 13. The third-order valence-electron chi connectivity index (χ3n) is 4.64. The van der Waals surface area contributed by atoms with Crippen LogP contribution >= 0.6 is 0 Å². The lowest BCUT2D eigenvalue weighted by molar-refractivity contribution is -0.144. The monoisotopic (exact) mass is 553 g/mol. The largest absolute Gasteiger partial charge is 0.416 e. The van der Waals surface area contributed by atoms with Gasteiger partial charge in [0, 0.05) is 24.3 Å². The zero-order valence-electron chi connectivity index (χ0n) is 17.1. The van der Waals surface area contributed by atoms with Crippen molar-refractivity contribution in [3.8, 4) is 0 Å². The molecular weight excluding hydrogens is 543 g/mol. The quantitative estimate of drug-likeness (QED) is 0.224. The average molecular weight is 553 g/mol. The molecule has 14 heteroatoms. The van der Waals surface area contributed by atoms with Crippen molar-refractivity contribution >= 4 is 10.9 Å². The van der Waals surface area contributed by atoms with Gasteiger partial charge in [0.2, 0.25) is 0 Å². The SMILES string of the molecule is Fc1ccc([S+](c2cc(C(F)(F)F)cc(C(F)(F)F)c2)c2cc(C(F)(F)F)cc(C(F)(F)F)c2)cc1. The Morgan fingerprint density at radius 2 is 0.667 bits per heavy atom. The summed E-state index contributed by atoms with van der Waals surface area (Å²) < 4.78 is 174. The van der Waals surface area contributed by atoms with E-state index in [0.717, 1.165) is 12.1 Å². The summed E-state index contributed by atoms with van der Waals surface area (Å²) in [5.41, 5.74) is -7.30. The van der Waals surface area contributed by atoms with E-state index in [1.54, 1.807) is 0 Å². The second kappa shape index (κ2) is 9.20. The Bertz CT molecular complexity index is 1090. The molecule has 3 aromatic carbocycles. The summed E-state index contributed by atoms with van der Waals surface area (Å²) in [7, 11) is -2.37. The van der Waals surface area contributed by atoms with Gasteiger partial charge in [-0.2, -0.15) is 52.7 Å². The fourth-order valence-corrected chi connectivity index (χ4v) is 5.27. The lowest BCUT2D eigenvalue weighted by Crippen LogP contribution is -2.16. The molecule has 0 aliphatic rings. The van der Waals surface area contributed by atoms with E-state index in [0.29, 0.717) is 12.1 Å². The van der Waals surface area contributed by atoms with Crippen LogP contribution in [0.5, 0.6) is 0 Å². The summed E-state index contributed by atoms with van der Waals surface area (Å²) in [5, 5.41) is 0. The van der Waals surface area contributed by atoms with Crippen molar-refractivity contribution < 1.29 is 57.1 Å². The molecule has 3 rings (SSSR count). The zero-order chi connectivity index (χ0) is 27.3. The lowest BCUT2D eigenvalue weighted by Gasteiger charge is -2.17. The van der Waals surface area contributed by atoms with E-state index in [1.807, 2.05) is 0 Å². The van der Waals surface area contributed by atoms with Gasteiger partial charge in [0.1, 0.15) is 5.82 Å². The first-order valence-corrected chi connectivity index (χ1v) is 10.6. The topological polar surface area (TPSA) is 0 Å². The molecule has 0 unspecified atom stereocenters. The second-order valence-corrected chi connectivity index (χ2v) is 9.27. The van der Waals surface area contributed by atoms with Gasteiger partial charge in [0.25, 0.3) is 0 Å². The number of hydrogen-bond acceptors (Lipinski definition) is 0. The maximum absolute atomic E-state index is 13.4. The first kappa shape index (κ1) is 27.7. The maximum atomic E-state index is 13.4. The molecular formula is C22H10F13S+. The molecule has 0 radical (unpaired) electrons. The minimum absolute atomic E-state index is 0.204. The number of hydrogen-bond donors (Lipinski definition) is 0. The van der Waals surface area contributed by atoms with Crippen LogP contribution in [-0.4, -0.2) is 0 Å². The van der Waals surface area contributed by atoms with E-state index in [2.05, 4.69) is 0 Å². The fourth-order valence-electron chi connectivity index (χ4n) is 3.07. The van der Waals surface area contributed by atoms with Crippen LogP contribution in [-0.2, 0) is 35.6 Å². The number of benzene rings is 3. The van der Waals surface area contributed by atoms with Crippen molar-refractivity contribution in [1.29, 1.82) is 0 Å². The molecule has 3 aromatic rings. The molecule has 0 aliphatic heterocycles. The highest BCUT2D eigenvalue weighted by Gasteiger charge is 2.43. The lowest BCUT2D eigenvalue weighted by atomic mass is 10.1. The molecule has 36 heavy (non-hydrogen) atoms. The first-order chi connectivity index (χ1) is 16.3. The van der Waals surface area contributed by atoms with Gasteiger partial charge in [-0.05, 0) is 36.4 Å². The van der Waals surface area contributed by atoms with Gasteiger partial charge >= 0.3 is 24.7 Å². The van der Waals surface area contributed by atoms with Crippen molar-refractivity contribution in [2.75, 3.05) is 0 Å². The predicted octanol–water partition coefficient (Wildman–Crippen LogP) is 9.00. The van der Waals surface area contributed by atoms with Crippen molar-refractivity contribution in [3.05, 3.63) is 88.7 Å². The summed E-state index contributed by atoms with van der Waals surface area (Å²) in [6.07, 6.45) is -21.3. The summed E-state index contributed by atoms with van der Waals surface area (Å²) in [6.45, 7) is 0. The van der Waals surface area contributed by atoms with Gasteiger partial charge in [0.05, 0.1) is 33.1 Å². The minimum Gasteiger partial charge on any atom is -0.207 e. The Labute approximate surface area is 196 Å². The Kier molecular flexibility index (Phi) is 7.07. The van der Waals surface area contributed by atoms with Crippen LogP contribution in [0.2, 0.25) is 0 Å². The molecule has 0 nitrogen and oxygen atoms in total. The van der Waals surface area contributed by atoms with Crippen LogP contribution in [0.3, 0.4) is 0 Å². The molecule has 0 heterocycles.